The maximum atomic E-state index is 10.9. The predicted octanol–water partition coefficient (Wildman–Crippen LogP) is 2.23. The van der Waals surface area contributed by atoms with Crippen molar-refractivity contribution in [2.45, 2.75) is 13.8 Å². The molecule has 0 unspecified atom stereocenters. The van der Waals surface area contributed by atoms with Crippen LogP contribution in [0.5, 0.6) is 11.5 Å². The molecule has 15 heavy (non-hydrogen) atoms. The van der Waals surface area contributed by atoms with Gasteiger partial charge in [-0.05, 0) is 19.9 Å². The highest BCUT2D eigenvalue weighted by molar-refractivity contribution is 5.62. The molecule has 82 valence electrons. The maximum absolute atomic E-state index is 10.9. The van der Waals surface area contributed by atoms with Gasteiger partial charge >= 0.3 is 5.69 Å². The summed E-state index contributed by atoms with van der Waals surface area (Å²) in [4.78, 5) is 10.4. The molecule has 0 saturated carbocycles. The topological polar surface area (TPSA) is 61.6 Å². The Morgan fingerprint density at radius 2 is 1.87 bits per heavy atom. The van der Waals surface area contributed by atoms with E-state index >= 15 is 0 Å². The van der Waals surface area contributed by atoms with Gasteiger partial charge in [0.2, 0.25) is 0 Å². The van der Waals surface area contributed by atoms with Crippen LogP contribution in [0.25, 0.3) is 0 Å². The number of nitro groups is 1. The van der Waals surface area contributed by atoms with Gasteiger partial charge in [-0.15, -0.1) is 0 Å². The Balaban J connectivity index is 3.55. The van der Waals surface area contributed by atoms with Gasteiger partial charge in [-0.3, -0.25) is 10.1 Å². The Morgan fingerprint density at radius 1 is 1.27 bits per heavy atom. The summed E-state index contributed by atoms with van der Waals surface area (Å²) < 4.78 is 10.1. The summed E-state index contributed by atoms with van der Waals surface area (Å²) in [6.07, 6.45) is 0. The van der Waals surface area contributed by atoms with Crippen LogP contribution in [0.15, 0.2) is 6.07 Å². The van der Waals surface area contributed by atoms with Crippen molar-refractivity contribution in [2.24, 2.45) is 0 Å². The lowest BCUT2D eigenvalue weighted by Gasteiger charge is -2.11. The summed E-state index contributed by atoms with van der Waals surface area (Å²) in [6, 6.07) is 1.72. The van der Waals surface area contributed by atoms with Gasteiger partial charge in [0.05, 0.1) is 24.7 Å². The molecule has 1 aromatic carbocycles. The average molecular weight is 211 g/mol. The van der Waals surface area contributed by atoms with Gasteiger partial charge in [0, 0.05) is 5.56 Å². The summed E-state index contributed by atoms with van der Waals surface area (Å²) in [6.45, 7) is 3.38. The van der Waals surface area contributed by atoms with Gasteiger partial charge < -0.3 is 9.47 Å². The van der Waals surface area contributed by atoms with Crippen molar-refractivity contribution in [1.82, 2.24) is 0 Å². The van der Waals surface area contributed by atoms with Gasteiger partial charge in [0.1, 0.15) is 5.75 Å². The van der Waals surface area contributed by atoms with Crippen molar-refractivity contribution < 1.29 is 14.4 Å². The first-order chi connectivity index (χ1) is 7.02. The Labute approximate surface area is 87.8 Å². The highest BCUT2D eigenvalue weighted by atomic mass is 16.6. The number of methoxy groups -OCH3 is 2. The zero-order chi connectivity index (χ0) is 11.6. The molecular weight excluding hydrogens is 198 g/mol. The first kappa shape index (κ1) is 11.3. The zero-order valence-electron chi connectivity index (χ0n) is 9.16. The second-order valence-corrected chi connectivity index (χ2v) is 3.16. The number of hydrogen-bond donors (Lipinski definition) is 0. The standard InChI is InChI=1S/C10H13NO4/c1-6-5-8(14-3)7(2)9(11(12)13)10(6)15-4/h5H,1-4H3. The lowest BCUT2D eigenvalue weighted by molar-refractivity contribution is -0.386. The van der Waals surface area contributed by atoms with E-state index in [0.717, 1.165) is 0 Å². The van der Waals surface area contributed by atoms with Crippen LogP contribution in [-0.2, 0) is 0 Å². The van der Waals surface area contributed by atoms with E-state index < -0.39 is 4.92 Å². The van der Waals surface area contributed by atoms with Crippen LogP contribution < -0.4 is 9.47 Å². The number of rotatable bonds is 3. The van der Waals surface area contributed by atoms with Crippen LogP contribution in [0.4, 0.5) is 5.69 Å². The molecule has 0 spiro atoms. The number of hydrogen-bond acceptors (Lipinski definition) is 4. The first-order valence-electron chi connectivity index (χ1n) is 4.39. The molecule has 0 aromatic heterocycles. The van der Waals surface area contributed by atoms with E-state index in [1.165, 1.54) is 14.2 Å². The molecule has 0 amide bonds. The van der Waals surface area contributed by atoms with Gasteiger partial charge in [-0.2, -0.15) is 0 Å². The highest BCUT2D eigenvalue weighted by Crippen LogP contribution is 2.39. The van der Waals surface area contributed by atoms with E-state index in [-0.39, 0.29) is 5.69 Å². The van der Waals surface area contributed by atoms with E-state index in [2.05, 4.69) is 0 Å². The maximum Gasteiger partial charge on any atom is 0.317 e. The molecule has 0 fully saturated rings. The van der Waals surface area contributed by atoms with Crippen LogP contribution >= 0.6 is 0 Å². The average Bonchev–Trinajstić information content (AvgIpc) is 2.19. The monoisotopic (exact) mass is 211 g/mol. The molecular formula is C10H13NO4. The summed E-state index contributed by atoms with van der Waals surface area (Å²) in [5.41, 5.74) is 1.13. The van der Waals surface area contributed by atoms with Gasteiger partial charge in [-0.1, -0.05) is 0 Å². The van der Waals surface area contributed by atoms with Crippen molar-refractivity contribution in [3.05, 3.63) is 27.3 Å². The molecule has 0 atom stereocenters. The first-order valence-corrected chi connectivity index (χ1v) is 4.39. The van der Waals surface area contributed by atoms with Crippen molar-refractivity contribution in [3.8, 4) is 11.5 Å². The molecule has 0 radical (unpaired) electrons. The molecule has 0 aliphatic heterocycles. The second-order valence-electron chi connectivity index (χ2n) is 3.16. The third kappa shape index (κ3) is 1.86. The smallest absolute Gasteiger partial charge is 0.317 e. The largest absolute Gasteiger partial charge is 0.496 e. The number of nitro benzene ring substituents is 1. The molecule has 0 saturated heterocycles. The van der Waals surface area contributed by atoms with Crippen LogP contribution in [0, 0.1) is 24.0 Å². The number of nitrogens with zero attached hydrogens (tertiary/aromatic N) is 1. The molecule has 1 rings (SSSR count). The minimum absolute atomic E-state index is 0.0330. The Bertz CT molecular complexity index is 401. The summed E-state index contributed by atoms with van der Waals surface area (Å²) in [5.74, 6) is 0.790. The summed E-state index contributed by atoms with van der Waals surface area (Å²) >= 11 is 0. The lowest BCUT2D eigenvalue weighted by Crippen LogP contribution is -2.00. The minimum atomic E-state index is -0.455. The van der Waals surface area contributed by atoms with E-state index in [9.17, 15) is 10.1 Å². The zero-order valence-corrected chi connectivity index (χ0v) is 9.16. The second kappa shape index (κ2) is 4.16. The summed E-state index contributed by atoms with van der Waals surface area (Å²) in [5, 5.41) is 10.9. The van der Waals surface area contributed by atoms with Crippen LogP contribution in [0.1, 0.15) is 11.1 Å². The van der Waals surface area contributed by atoms with Gasteiger partial charge in [-0.25, -0.2) is 0 Å². The molecule has 0 bridgehead atoms. The molecule has 1 aromatic rings. The van der Waals surface area contributed by atoms with Crippen LogP contribution in [-0.4, -0.2) is 19.1 Å². The molecule has 0 heterocycles. The normalized spacial score (nSPS) is 9.87. The Kier molecular flexibility index (Phi) is 3.14. The quantitative estimate of drug-likeness (QED) is 0.568. The fourth-order valence-corrected chi connectivity index (χ4v) is 1.53. The van der Waals surface area contributed by atoms with Crippen LogP contribution in [0.2, 0.25) is 0 Å². The summed E-state index contributed by atoms with van der Waals surface area (Å²) in [7, 11) is 2.90. The Morgan fingerprint density at radius 3 is 2.27 bits per heavy atom. The number of benzene rings is 1. The molecule has 5 nitrogen and oxygen atoms in total. The van der Waals surface area contributed by atoms with Gasteiger partial charge in [0.25, 0.3) is 0 Å². The fraction of sp³-hybridized carbons (Fsp3) is 0.400. The van der Waals surface area contributed by atoms with E-state index in [1.54, 1.807) is 19.9 Å². The third-order valence-corrected chi connectivity index (χ3v) is 2.25. The predicted molar refractivity (Wildman–Crippen MR) is 55.7 cm³/mol. The SMILES string of the molecule is COc1cc(C)c(OC)c([N+](=O)[O-])c1C. The van der Waals surface area contributed by atoms with E-state index in [0.29, 0.717) is 22.6 Å². The van der Waals surface area contributed by atoms with E-state index in [1.807, 2.05) is 0 Å². The molecule has 0 aliphatic carbocycles. The van der Waals surface area contributed by atoms with Crippen molar-refractivity contribution in [3.63, 3.8) is 0 Å². The van der Waals surface area contributed by atoms with Crippen molar-refractivity contribution in [2.75, 3.05) is 14.2 Å². The highest BCUT2D eigenvalue weighted by Gasteiger charge is 2.24. The number of ether oxygens (including phenoxy) is 2. The third-order valence-electron chi connectivity index (χ3n) is 2.25. The Hall–Kier alpha value is -1.78. The molecule has 0 N–H and O–H groups in total. The molecule has 0 aliphatic rings. The van der Waals surface area contributed by atoms with Crippen LogP contribution in [0.3, 0.4) is 0 Å². The fourth-order valence-electron chi connectivity index (χ4n) is 1.53. The minimum Gasteiger partial charge on any atom is -0.496 e. The molecule has 5 heteroatoms. The van der Waals surface area contributed by atoms with Crippen molar-refractivity contribution >= 4 is 5.69 Å². The van der Waals surface area contributed by atoms with Crippen molar-refractivity contribution in [1.29, 1.82) is 0 Å². The van der Waals surface area contributed by atoms with E-state index in [4.69, 9.17) is 9.47 Å². The number of aryl methyl sites for hydroxylation is 1. The van der Waals surface area contributed by atoms with Gasteiger partial charge in [0.15, 0.2) is 5.75 Å². The lowest BCUT2D eigenvalue weighted by atomic mass is 10.1.